The smallest absolute Gasteiger partial charge is 0.410 e. The molecule has 21 heavy (non-hydrogen) atoms. The van der Waals surface area contributed by atoms with Crippen molar-refractivity contribution >= 4 is 6.09 Å². The van der Waals surface area contributed by atoms with Gasteiger partial charge in [-0.15, -0.1) is 0 Å². The fourth-order valence-electron chi connectivity index (χ4n) is 4.36. The quantitative estimate of drug-likeness (QED) is 0.850. The van der Waals surface area contributed by atoms with Crippen molar-refractivity contribution in [1.29, 1.82) is 0 Å². The third-order valence-electron chi connectivity index (χ3n) is 5.26. The highest BCUT2D eigenvalue weighted by atomic mass is 16.6. The lowest BCUT2D eigenvalue weighted by atomic mass is 9.93. The average molecular weight is 294 g/mol. The van der Waals surface area contributed by atoms with Crippen LogP contribution in [-0.4, -0.2) is 41.8 Å². The number of amides is 1. The first-order valence-electron chi connectivity index (χ1n) is 8.65. The van der Waals surface area contributed by atoms with Crippen LogP contribution in [0.15, 0.2) is 0 Å². The predicted octanol–water partition coefficient (Wildman–Crippen LogP) is 3.16. The summed E-state index contributed by atoms with van der Waals surface area (Å²) in [6, 6.07) is 1.16. The molecule has 2 aliphatic carbocycles. The van der Waals surface area contributed by atoms with Crippen LogP contribution in [0.1, 0.15) is 59.3 Å². The van der Waals surface area contributed by atoms with Crippen LogP contribution in [0.4, 0.5) is 4.79 Å². The van der Waals surface area contributed by atoms with Crippen LogP contribution < -0.4 is 5.32 Å². The monoisotopic (exact) mass is 294 g/mol. The van der Waals surface area contributed by atoms with Crippen LogP contribution in [0, 0.1) is 11.8 Å². The molecule has 1 aliphatic heterocycles. The van der Waals surface area contributed by atoms with Crippen LogP contribution >= 0.6 is 0 Å². The van der Waals surface area contributed by atoms with Gasteiger partial charge in [-0.3, -0.25) is 0 Å². The van der Waals surface area contributed by atoms with E-state index in [4.69, 9.17) is 4.74 Å². The summed E-state index contributed by atoms with van der Waals surface area (Å²) in [5.74, 6) is 1.87. The lowest BCUT2D eigenvalue weighted by Gasteiger charge is -2.37. The Hall–Kier alpha value is -0.770. The zero-order valence-corrected chi connectivity index (χ0v) is 13.7. The number of fused-ring (bicyclic) bond motifs is 2. The molecule has 3 fully saturated rings. The molecular weight excluding hydrogens is 264 g/mol. The van der Waals surface area contributed by atoms with Crippen molar-refractivity contribution in [3.8, 4) is 0 Å². The van der Waals surface area contributed by atoms with Gasteiger partial charge in [0.25, 0.3) is 0 Å². The number of likely N-dealkylation sites (tertiary alicyclic amines) is 1. The summed E-state index contributed by atoms with van der Waals surface area (Å²) in [5.41, 5.74) is -0.401. The Bertz CT molecular complexity index is 391. The summed E-state index contributed by atoms with van der Waals surface area (Å²) in [6.45, 7) is 7.44. The minimum absolute atomic E-state index is 0.151. The van der Waals surface area contributed by atoms with E-state index < -0.39 is 5.60 Å². The van der Waals surface area contributed by atoms with E-state index in [1.54, 1.807) is 0 Å². The van der Waals surface area contributed by atoms with Crippen LogP contribution in [-0.2, 0) is 4.74 Å². The number of rotatable bonds is 2. The molecule has 1 heterocycles. The summed E-state index contributed by atoms with van der Waals surface area (Å²) >= 11 is 0. The van der Waals surface area contributed by atoms with Gasteiger partial charge in [0, 0.05) is 25.2 Å². The largest absolute Gasteiger partial charge is 0.444 e. The highest BCUT2D eigenvalue weighted by Gasteiger charge is 2.40. The molecule has 3 aliphatic rings. The van der Waals surface area contributed by atoms with Gasteiger partial charge >= 0.3 is 6.09 Å². The molecule has 1 saturated heterocycles. The first-order valence-corrected chi connectivity index (χ1v) is 8.65. The van der Waals surface area contributed by atoms with Crippen molar-refractivity contribution in [2.24, 2.45) is 11.8 Å². The van der Waals surface area contributed by atoms with Crippen molar-refractivity contribution in [1.82, 2.24) is 10.2 Å². The highest BCUT2D eigenvalue weighted by molar-refractivity contribution is 5.68. The molecule has 0 aromatic carbocycles. The lowest BCUT2D eigenvalue weighted by Crippen LogP contribution is -2.52. The normalized spacial score (nSPS) is 36.0. The molecule has 120 valence electrons. The number of hydrogen-bond donors (Lipinski definition) is 1. The summed E-state index contributed by atoms with van der Waals surface area (Å²) in [5, 5.41) is 3.85. The van der Waals surface area contributed by atoms with Crippen LogP contribution in [0.25, 0.3) is 0 Å². The number of hydrogen-bond acceptors (Lipinski definition) is 3. The zero-order valence-electron chi connectivity index (χ0n) is 13.7. The topological polar surface area (TPSA) is 41.6 Å². The Morgan fingerprint density at radius 3 is 2.62 bits per heavy atom. The minimum Gasteiger partial charge on any atom is -0.444 e. The van der Waals surface area contributed by atoms with Crippen LogP contribution in [0.2, 0.25) is 0 Å². The third-order valence-corrected chi connectivity index (χ3v) is 5.26. The second-order valence-electron chi connectivity index (χ2n) is 8.21. The van der Waals surface area contributed by atoms with Crippen molar-refractivity contribution < 1.29 is 9.53 Å². The molecule has 1 N–H and O–H groups in total. The maximum atomic E-state index is 12.2. The summed E-state index contributed by atoms with van der Waals surface area (Å²) < 4.78 is 5.50. The van der Waals surface area contributed by atoms with Gasteiger partial charge in [0.05, 0.1) is 0 Å². The Morgan fingerprint density at radius 1 is 1.19 bits per heavy atom. The standard InChI is InChI=1S/C17H30N2O2/c1-17(2,3)21-16(20)19-8-4-5-14(11-19)18-15-10-12-6-7-13(15)9-12/h12-15,18H,4-11H2,1-3H3. The number of carbonyl (C=O) groups excluding carboxylic acids is 1. The summed E-state index contributed by atoms with van der Waals surface area (Å²) in [4.78, 5) is 14.1. The van der Waals surface area contributed by atoms with E-state index in [1.807, 2.05) is 25.7 Å². The second-order valence-corrected chi connectivity index (χ2v) is 8.21. The fourth-order valence-corrected chi connectivity index (χ4v) is 4.36. The van der Waals surface area contributed by atoms with E-state index in [0.717, 1.165) is 31.3 Å². The Morgan fingerprint density at radius 2 is 2.00 bits per heavy atom. The Labute approximate surface area is 128 Å². The average Bonchev–Trinajstić information content (AvgIpc) is 2.99. The lowest BCUT2D eigenvalue weighted by molar-refractivity contribution is 0.0180. The van der Waals surface area contributed by atoms with Gasteiger partial charge in [-0.1, -0.05) is 6.42 Å². The third kappa shape index (κ3) is 3.71. The van der Waals surface area contributed by atoms with E-state index in [-0.39, 0.29) is 6.09 Å². The zero-order chi connectivity index (χ0) is 15.0. The van der Waals surface area contributed by atoms with Gasteiger partial charge in [0.2, 0.25) is 0 Å². The number of carbonyl (C=O) groups is 1. The molecule has 2 bridgehead atoms. The second kappa shape index (κ2) is 5.79. The molecule has 2 saturated carbocycles. The molecule has 0 aromatic rings. The molecule has 4 unspecified atom stereocenters. The highest BCUT2D eigenvalue weighted by Crippen LogP contribution is 2.44. The molecule has 4 heteroatoms. The first kappa shape index (κ1) is 15.1. The van der Waals surface area contributed by atoms with E-state index in [9.17, 15) is 4.79 Å². The number of nitrogens with one attached hydrogen (secondary N) is 1. The minimum atomic E-state index is -0.401. The van der Waals surface area contributed by atoms with E-state index in [2.05, 4.69) is 5.32 Å². The van der Waals surface area contributed by atoms with E-state index in [1.165, 1.54) is 32.1 Å². The Kier molecular flexibility index (Phi) is 4.17. The predicted molar refractivity (Wildman–Crippen MR) is 83.2 cm³/mol. The van der Waals surface area contributed by atoms with Crippen molar-refractivity contribution in [3.63, 3.8) is 0 Å². The summed E-state index contributed by atoms with van der Waals surface area (Å²) in [7, 11) is 0. The molecule has 1 amide bonds. The van der Waals surface area contributed by atoms with Crippen LogP contribution in [0.3, 0.4) is 0 Å². The fraction of sp³-hybridized carbons (Fsp3) is 0.941. The SMILES string of the molecule is CC(C)(C)OC(=O)N1CCCC(NC2CC3CCC2C3)C1. The van der Waals surface area contributed by atoms with Crippen LogP contribution in [0.5, 0.6) is 0 Å². The Balaban J connectivity index is 1.50. The molecular formula is C17H30N2O2. The molecule has 0 radical (unpaired) electrons. The first-order chi connectivity index (χ1) is 9.90. The number of piperidine rings is 1. The van der Waals surface area contributed by atoms with Gasteiger partial charge in [-0.2, -0.15) is 0 Å². The van der Waals surface area contributed by atoms with Crippen molar-refractivity contribution in [2.45, 2.75) is 77.0 Å². The number of nitrogens with zero attached hydrogens (tertiary/aromatic N) is 1. The molecule has 4 atom stereocenters. The molecule has 0 spiro atoms. The van der Waals surface area contributed by atoms with Gasteiger partial charge in [-0.05, 0) is 64.7 Å². The summed E-state index contributed by atoms with van der Waals surface area (Å²) in [6.07, 6.45) is 7.75. The van der Waals surface area contributed by atoms with Crippen molar-refractivity contribution in [2.75, 3.05) is 13.1 Å². The van der Waals surface area contributed by atoms with Gasteiger partial charge < -0.3 is 15.0 Å². The van der Waals surface area contributed by atoms with Crippen molar-refractivity contribution in [3.05, 3.63) is 0 Å². The molecule has 0 aromatic heterocycles. The maximum Gasteiger partial charge on any atom is 0.410 e. The van der Waals surface area contributed by atoms with Gasteiger partial charge in [0.15, 0.2) is 0 Å². The molecule has 4 nitrogen and oxygen atoms in total. The van der Waals surface area contributed by atoms with Gasteiger partial charge in [0.1, 0.15) is 5.60 Å². The van der Waals surface area contributed by atoms with Gasteiger partial charge in [-0.25, -0.2) is 4.79 Å². The number of ether oxygens (including phenoxy) is 1. The maximum absolute atomic E-state index is 12.2. The van der Waals surface area contributed by atoms with E-state index in [0.29, 0.717) is 12.1 Å². The molecule has 3 rings (SSSR count). The van der Waals surface area contributed by atoms with E-state index >= 15 is 0 Å².